The normalized spacial score (nSPS) is 18.4. The second kappa shape index (κ2) is 4.13. The highest BCUT2D eigenvalue weighted by Gasteiger charge is 2.29. The molecule has 0 saturated heterocycles. The van der Waals surface area contributed by atoms with Crippen molar-refractivity contribution in [1.29, 1.82) is 0 Å². The fraction of sp³-hybridized carbons (Fsp3) is 0.727. The zero-order chi connectivity index (χ0) is 9.97. The van der Waals surface area contributed by atoms with Crippen molar-refractivity contribution in [3.8, 4) is 0 Å². The number of hydrogen-bond acceptors (Lipinski definition) is 2. The van der Waals surface area contributed by atoms with Crippen LogP contribution >= 0.6 is 0 Å². The van der Waals surface area contributed by atoms with Crippen molar-refractivity contribution in [2.75, 3.05) is 0 Å². The van der Waals surface area contributed by atoms with Gasteiger partial charge in [0.2, 0.25) is 0 Å². The van der Waals surface area contributed by atoms with E-state index in [9.17, 15) is 5.11 Å². The molecular weight excluding hydrogens is 176 g/mol. The lowest BCUT2D eigenvalue weighted by atomic mass is 10.1. The SMILES string of the molecule is CCn1ccnc1CCC(O)C1CC1. The van der Waals surface area contributed by atoms with Gasteiger partial charge in [-0.25, -0.2) is 4.98 Å². The van der Waals surface area contributed by atoms with Gasteiger partial charge in [0.15, 0.2) is 0 Å². The fourth-order valence-corrected chi connectivity index (χ4v) is 1.85. The molecule has 0 spiro atoms. The van der Waals surface area contributed by atoms with Gasteiger partial charge in [-0.3, -0.25) is 0 Å². The van der Waals surface area contributed by atoms with Crippen LogP contribution in [0.5, 0.6) is 0 Å². The minimum absolute atomic E-state index is 0.1000. The number of aliphatic hydroxyl groups is 1. The molecule has 1 aromatic rings. The van der Waals surface area contributed by atoms with E-state index in [0.29, 0.717) is 5.92 Å². The van der Waals surface area contributed by atoms with Gasteiger partial charge >= 0.3 is 0 Å². The summed E-state index contributed by atoms with van der Waals surface area (Å²) in [6.45, 7) is 3.08. The Morgan fingerprint density at radius 1 is 1.64 bits per heavy atom. The van der Waals surface area contributed by atoms with Gasteiger partial charge in [-0.2, -0.15) is 0 Å². The molecule has 0 aromatic carbocycles. The van der Waals surface area contributed by atoms with Crippen molar-refractivity contribution < 1.29 is 5.11 Å². The molecule has 14 heavy (non-hydrogen) atoms. The summed E-state index contributed by atoms with van der Waals surface area (Å²) in [5.41, 5.74) is 0. The summed E-state index contributed by atoms with van der Waals surface area (Å²) in [4.78, 5) is 4.29. The van der Waals surface area contributed by atoms with Crippen molar-refractivity contribution in [1.82, 2.24) is 9.55 Å². The first-order valence-corrected chi connectivity index (χ1v) is 5.49. The van der Waals surface area contributed by atoms with Crippen LogP contribution in [0.4, 0.5) is 0 Å². The fourth-order valence-electron chi connectivity index (χ4n) is 1.85. The lowest BCUT2D eigenvalue weighted by Crippen LogP contribution is -2.12. The van der Waals surface area contributed by atoms with Crippen LogP contribution in [0.3, 0.4) is 0 Å². The van der Waals surface area contributed by atoms with E-state index in [2.05, 4.69) is 16.5 Å². The maximum atomic E-state index is 9.71. The Bertz CT molecular complexity index is 291. The average Bonchev–Trinajstić information content (AvgIpc) is 2.94. The molecular formula is C11H18N2O. The molecule has 0 aliphatic heterocycles. The minimum Gasteiger partial charge on any atom is -0.393 e. The van der Waals surface area contributed by atoms with E-state index in [0.717, 1.165) is 25.2 Å². The molecule has 1 heterocycles. The minimum atomic E-state index is -0.1000. The third-order valence-corrected chi connectivity index (χ3v) is 2.97. The highest BCUT2D eigenvalue weighted by atomic mass is 16.3. The Hall–Kier alpha value is -0.830. The zero-order valence-electron chi connectivity index (χ0n) is 8.69. The zero-order valence-corrected chi connectivity index (χ0v) is 8.69. The summed E-state index contributed by atoms with van der Waals surface area (Å²) in [7, 11) is 0. The van der Waals surface area contributed by atoms with Crippen molar-refractivity contribution >= 4 is 0 Å². The topological polar surface area (TPSA) is 38.0 Å². The summed E-state index contributed by atoms with van der Waals surface area (Å²) in [6.07, 6.45) is 7.92. The third kappa shape index (κ3) is 2.15. The Kier molecular flexibility index (Phi) is 2.87. The van der Waals surface area contributed by atoms with Crippen LogP contribution in [0, 0.1) is 5.92 Å². The molecule has 1 atom stereocenters. The van der Waals surface area contributed by atoms with Crippen molar-refractivity contribution in [2.45, 2.75) is 45.3 Å². The van der Waals surface area contributed by atoms with E-state index in [1.165, 1.54) is 12.8 Å². The Balaban J connectivity index is 1.84. The molecule has 78 valence electrons. The van der Waals surface area contributed by atoms with Gasteiger partial charge in [0.1, 0.15) is 5.82 Å². The van der Waals surface area contributed by atoms with Crippen LogP contribution in [0.15, 0.2) is 12.4 Å². The van der Waals surface area contributed by atoms with Gasteiger partial charge < -0.3 is 9.67 Å². The summed E-state index contributed by atoms with van der Waals surface area (Å²) in [5.74, 6) is 1.69. The molecule has 0 amide bonds. The van der Waals surface area contributed by atoms with E-state index in [-0.39, 0.29) is 6.10 Å². The average molecular weight is 194 g/mol. The second-order valence-electron chi connectivity index (χ2n) is 4.07. The highest BCUT2D eigenvalue weighted by molar-refractivity contribution is 4.93. The van der Waals surface area contributed by atoms with E-state index >= 15 is 0 Å². The number of rotatable bonds is 5. The predicted octanol–water partition coefficient (Wildman–Crippen LogP) is 1.61. The van der Waals surface area contributed by atoms with Gasteiger partial charge in [0.25, 0.3) is 0 Å². The van der Waals surface area contributed by atoms with Crippen LogP contribution in [0.25, 0.3) is 0 Å². The number of hydrogen-bond donors (Lipinski definition) is 1. The molecule has 3 heteroatoms. The van der Waals surface area contributed by atoms with Crippen LogP contribution < -0.4 is 0 Å². The highest BCUT2D eigenvalue weighted by Crippen LogP contribution is 2.34. The molecule has 3 nitrogen and oxygen atoms in total. The Morgan fingerprint density at radius 3 is 3.07 bits per heavy atom. The molecule has 1 unspecified atom stereocenters. The second-order valence-corrected chi connectivity index (χ2v) is 4.07. The van der Waals surface area contributed by atoms with Gasteiger partial charge in [-0.1, -0.05) is 0 Å². The van der Waals surface area contributed by atoms with Crippen LogP contribution in [-0.2, 0) is 13.0 Å². The molecule has 1 saturated carbocycles. The monoisotopic (exact) mass is 194 g/mol. The van der Waals surface area contributed by atoms with Gasteiger partial charge in [-0.05, 0) is 32.1 Å². The number of aryl methyl sites for hydroxylation is 2. The molecule has 1 aliphatic rings. The standard InChI is InChI=1S/C11H18N2O/c1-2-13-8-7-12-11(13)6-5-10(14)9-3-4-9/h7-10,14H,2-6H2,1H3. The summed E-state index contributed by atoms with van der Waals surface area (Å²) in [6, 6.07) is 0. The summed E-state index contributed by atoms with van der Waals surface area (Å²) in [5, 5.41) is 9.71. The van der Waals surface area contributed by atoms with E-state index in [1.807, 2.05) is 12.4 Å². The predicted molar refractivity (Wildman–Crippen MR) is 55.0 cm³/mol. The number of imidazole rings is 1. The molecule has 0 bridgehead atoms. The smallest absolute Gasteiger partial charge is 0.108 e. The molecule has 1 fully saturated rings. The number of aromatic nitrogens is 2. The van der Waals surface area contributed by atoms with Crippen LogP contribution in [0.1, 0.15) is 32.0 Å². The van der Waals surface area contributed by atoms with Gasteiger partial charge in [0, 0.05) is 25.4 Å². The molecule has 2 rings (SSSR count). The number of nitrogens with zero attached hydrogens (tertiary/aromatic N) is 2. The van der Waals surface area contributed by atoms with Crippen molar-refractivity contribution in [2.24, 2.45) is 5.92 Å². The summed E-state index contributed by atoms with van der Waals surface area (Å²) < 4.78 is 2.14. The Labute approximate surface area is 84.8 Å². The van der Waals surface area contributed by atoms with Gasteiger partial charge in [-0.15, -0.1) is 0 Å². The van der Waals surface area contributed by atoms with E-state index in [1.54, 1.807) is 0 Å². The third-order valence-electron chi connectivity index (χ3n) is 2.97. The van der Waals surface area contributed by atoms with Gasteiger partial charge in [0.05, 0.1) is 6.10 Å². The Morgan fingerprint density at radius 2 is 2.43 bits per heavy atom. The molecule has 0 radical (unpaired) electrons. The van der Waals surface area contributed by atoms with Crippen LogP contribution in [0.2, 0.25) is 0 Å². The maximum Gasteiger partial charge on any atom is 0.108 e. The van der Waals surface area contributed by atoms with E-state index < -0.39 is 0 Å². The maximum absolute atomic E-state index is 9.71. The quantitative estimate of drug-likeness (QED) is 0.773. The molecule has 1 aliphatic carbocycles. The first-order chi connectivity index (χ1) is 6.81. The first-order valence-electron chi connectivity index (χ1n) is 5.49. The lowest BCUT2D eigenvalue weighted by Gasteiger charge is -2.09. The largest absolute Gasteiger partial charge is 0.393 e. The molecule has 1 N–H and O–H groups in total. The van der Waals surface area contributed by atoms with Crippen molar-refractivity contribution in [3.05, 3.63) is 18.2 Å². The first kappa shape index (κ1) is 9.71. The lowest BCUT2D eigenvalue weighted by molar-refractivity contribution is 0.141. The van der Waals surface area contributed by atoms with Crippen LogP contribution in [-0.4, -0.2) is 20.8 Å². The summed E-state index contributed by atoms with van der Waals surface area (Å²) >= 11 is 0. The van der Waals surface area contributed by atoms with Crippen molar-refractivity contribution in [3.63, 3.8) is 0 Å². The molecule has 1 aromatic heterocycles. The van der Waals surface area contributed by atoms with E-state index in [4.69, 9.17) is 0 Å². The number of aliphatic hydroxyl groups excluding tert-OH is 1.